The molecule has 0 fully saturated rings. The summed E-state index contributed by atoms with van der Waals surface area (Å²) in [6.07, 6.45) is 2.38. The third-order valence-corrected chi connectivity index (χ3v) is 6.33. The van der Waals surface area contributed by atoms with Gasteiger partial charge in [-0.2, -0.15) is 0 Å². The molecular weight excluding hydrogens is 386 g/mol. The van der Waals surface area contributed by atoms with Gasteiger partial charge in [0.15, 0.2) is 11.5 Å². The number of aromatic hydroxyl groups is 1. The molecule has 2 N–H and O–H groups in total. The van der Waals surface area contributed by atoms with Crippen LogP contribution in [0.5, 0.6) is 17.2 Å². The van der Waals surface area contributed by atoms with Crippen molar-refractivity contribution < 1.29 is 14.6 Å². The molecule has 0 aromatic heterocycles. The first-order valence-corrected chi connectivity index (χ1v) is 11.4. The molecule has 0 bridgehead atoms. The van der Waals surface area contributed by atoms with Crippen molar-refractivity contribution >= 4 is 11.6 Å². The van der Waals surface area contributed by atoms with Gasteiger partial charge in [-0.25, -0.2) is 0 Å². The molecule has 0 aliphatic heterocycles. The quantitative estimate of drug-likeness (QED) is 0.436. The van der Waals surface area contributed by atoms with Gasteiger partial charge in [-0.15, -0.1) is 0 Å². The summed E-state index contributed by atoms with van der Waals surface area (Å²) in [5, 5.41) is 13.4. The van der Waals surface area contributed by atoms with E-state index < -0.39 is 0 Å². The average Bonchev–Trinajstić information content (AvgIpc) is 2.69. The summed E-state index contributed by atoms with van der Waals surface area (Å²) >= 11 is 0. The summed E-state index contributed by atoms with van der Waals surface area (Å²) in [6, 6.07) is 11.4. The summed E-state index contributed by atoms with van der Waals surface area (Å²) in [5.74, 6) is 1.12. The van der Waals surface area contributed by atoms with Crippen molar-refractivity contribution in [2.24, 2.45) is 5.92 Å². The van der Waals surface area contributed by atoms with Crippen LogP contribution in [0.1, 0.15) is 85.8 Å². The molecule has 0 aliphatic carbocycles. The number of phenols is 1. The van der Waals surface area contributed by atoms with Crippen molar-refractivity contribution in [1.29, 1.82) is 0 Å². The van der Waals surface area contributed by atoms with Crippen LogP contribution in [0.3, 0.4) is 0 Å². The van der Waals surface area contributed by atoms with Crippen LogP contribution < -0.4 is 10.1 Å². The summed E-state index contributed by atoms with van der Waals surface area (Å²) in [4.78, 5) is 12.4. The number of phenolic OH excluding ortho intramolecular Hbond substituents is 1. The molecule has 1 amide bonds. The van der Waals surface area contributed by atoms with Gasteiger partial charge in [0.25, 0.3) is 0 Å². The summed E-state index contributed by atoms with van der Waals surface area (Å²) in [6.45, 7) is 17.3. The molecule has 0 atom stereocenters. The number of amides is 1. The van der Waals surface area contributed by atoms with Gasteiger partial charge >= 0.3 is 0 Å². The minimum atomic E-state index is -0.110. The first-order chi connectivity index (χ1) is 14.4. The highest BCUT2D eigenvalue weighted by atomic mass is 16.5. The van der Waals surface area contributed by atoms with Crippen LogP contribution in [0.2, 0.25) is 0 Å². The minimum Gasteiger partial charge on any atom is -0.504 e. The van der Waals surface area contributed by atoms with Crippen molar-refractivity contribution in [1.82, 2.24) is 0 Å². The number of hydrogen-bond donors (Lipinski definition) is 2. The number of ether oxygens (including phenoxy) is 1. The molecule has 0 heterocycles. The van der Waals surface area contributed by atoms with E-state index in [1.165, 1.54) is 5.56 Å². The monoisotopic (exact) mass is 425 g/mol. The maximum absolute atomic E-state index is 12.4. The van der Waals surface area contributed by atoms with Crippen LogP contribution in [0.15, 0.2) is 36.4 Å². The Labute approximate surface area is 188 Å². The average molecular weight is 426 g/mol. The Kier molecular flexibility index (Phi) is 7.80. The van der Waals surface area contributed by atoms with Gasteiger partial charge < -0.3 is 15.2 Å². The number of anilines is 1. The Morgan fingerprint density at radius 3 is 2.26 bits per heavy atom. The summed E-state index contributed by atoms with van der Waals surface area (Å²) < 4.78 is 6.30. The molecule has 4 heteroatoms. The number of rotatable bonds is 9. The molecular formula is C27H39NO3. The predicted octanol–water partition coefficient (Wildman–Crippen LogP) is 7.54. The molecule has 2 aromatic carbocycles. The molecule has 0 aliphatic rings. The van der Waals surface area contributed by atoms with Gasteiger partial charge in [-0.3, -0.25) is 4.79 Å². The van der Waals surface area contributed by atoms with Gasteiger partial charge in [0.05, 0.1) is 5.69 Å². The lowest BCUT2D eigenvalue weighted by Crippen LogP contribution is -2.21. The first kappa shape index (κ1) is 24.8. The lowest BCUT2D eigenvalue weighted by Gasteiger charge is -2.30. The van der Waals surface area contributed by atoms with E-state index in [2.05, 4.69) is 59.0 Å². The smallest absolute Gasteiger partial charge is 0.224 e. The first-order valence-electron chi connectivity index (χ1n) is 11.4. The minimum absolute atomic E-state index is 0.000524. The van der Waals surface area contributed by atoms with Crippen LogP contribution in [-0.2, 0) is 15.6 Å². The maximum atomic E-state index is 12.4. The number of para-hydroxylation sites is 1. The van der Waals surface area contributed by atoms with Crippen LogP contribution in [0.25, 0.3) is 0 Å². The Morgan fingerprint density at radius 2 is 1.68 bits per heavy atom. The number of carbonyl (C=O) groups excluding carboxylic acids is 1. The Morgan fingerprint density at radius 1 is 1.03 bits per heavy atom. The third-order valence-electron chi connectivity index (χ3n) is 6.33. The van der Waals surface area contributed by atoms with Crippen LogP contribution in [0.4, 0.5) is 5.69 Å². The SMILES string of the molecule is CCC(C)(C)c1ccc(Oc2c(O)cccc2NC(=O)CC(C)C)c(C(C)(C)CC)c1. The van der Waals surface area contributed by atoms with Crippen molar-refractivity contribution in [2.45, 2.75) is 85.5 Å². The second-order valence-corrected chi connectivity index (χ2v) is 10.1. The second-order valence-electron chi connectivity index (χ2n) is 10.1. The van der Waals surface area contributed by atoms with Gasteiger partial charge in [-0.05, 0) is 53.4 Å². The molecule has 2 rings (SSSR count). The fourth-order valence-electron chi connectivity index (χ4n) is 3.38. The summed E-state index contributed by atoms with van der Waals surface area (Å²) in [7, 11) is 0. The standard InChI is InChI=1S/C27H39NO3/c1-9-26(5,6)19-14-15-23(20(17-19)27(7,8)10-2)31-25-21(12-11-13-22(25)29)28-24(30)16-18(3)4/h11-15,17-18,29H,9-10,16H2,1-8H3,(H,28,30). The van der Waals surface area contributed by atoms with E-state index in [9.17, 15) is 9.90 Å². The van der Waals surface area contributed by atoms with E-state index in [4.69, 9.17) is 4.74 Å². The molecule has 4 nitrogen and oxygen atoms in total. The molecule has 2 aromatic rings. The van der Waals surface area contributed by atoms with E-state index in [0.29, 0.717) is 17.9 Å². The zero-order valence-electron chi connectivity index (χ0n) is 20.4. The van der Waals surface area contributed by atoms with E-state index >= 15 is 0 Å². The van der Waals surface area contributed by atoms with E-state index in [-0.39, 0.29) is 34.2 Å². The predicted molar refractivity (Wildman–Crippen MR) is 129 cm³/mol. The van der Waals surface area contributed by atoms with Crippen molar-refractivity contribution in [3.8, 4) is 17.2 Å². The zero-order chi connectivity index (χ0) is 23.4. The largest absolute Gasteiger partial charge is 0.504 e. The fourth-order valence-corrected chi connectivity index (χ4v) is 3.38. The highest BCUT2D eigenvalue weighted by molar-refractivity contribution is 5.93. The van der Waals surface area contributed by atoms with Crippen molar-refractivity contribution in [3.05, 3.63) is 47.5 Å². The Hall–Kier alpha value is -2.49. The molecule has 0 saturated heterocycles. The Balaban J connectivity index is 2.52. The van der Waals surface area contributed by atoms with Crippen LogP contribution in [-0.4, -0.2) is 11.0 Å². The molecule has 0 radical (unpaired) electrons. The maximum Gasteiger partial charge on any atom is 0.224 e. The van der Waals surface area contributed by atoms with Crippen molar-refractivity contribution in [2.75, 3.05) is 5.32 Å². The molecule has 0 spiro atoms. The Bertz CT molecular complexity index is 913. The van der Waals surface area contributed by atoms with E-state index in [1.54, 1.807) is 18.2 Å². The molecule has 0 saturated carbocycles. The van der Waals surface area contributed by atoms with Gasteiger partial charge in [-0.1, -0.05) is 73.6 Å². The zero-order valence-corrected chi connectivity index (χ0v) is 20.4. The lowest BCUT2D eigenvalue weighted by molar-refractivity contribution is -0.116. The highest BCUT2D eigenvalue weighted by Crippen LogP contribution is 2.44. The van der Waals surface area contributed by atoms with Crippen LogP contribution in [0, 0.1) is 5.92 Å². The number of nitrogens with one attached hydrogen (secondary N) is 1. The molecule has 0 unspecified atom stereocenters. The second kappa shape index (κ2) is 9.76. The van der Waals surface area contributed by atoms with Gasteiger partial charge in [0, 0.05) is 12.0 Å². The fraction of sp³-hybridized carbons (Fsp3) is 0.519. The molecule has 31 heavy (non-hydrogen) atoms. The highest BCUT2D eigenvalue weighted by Gasteiger charge is 2.27. The third kappa shape index (κ3) is 6.03. The lowest BCUT2D eigenvalue weighted by atomic mass is 9.76. The number of hydrogen-bond acceptors (Lipinski definition) is 3. The molecule has 170 valence electrons. The van der Waals surface area contributed by atoms with Crippen LogP contribution >= 0.6 is 0 Å². The van der Waals surface area contributed by atoms with E-state index in [1.807, 2.05) is 19.9 Å². The number of carbonyl (C=O) groups is 1. The van der Waals surface area contributed by atoms with Gasteiger partial charge in [0.1, 0.15) is 5.75 Å². The normalized spacial score (nSPS) is 12.2. The topological polar surface area (TPSA) is 58.6 Å². The van der Waals surface area contributed by atoms with E-state index in [0.717, 1.165) is 18.4 Å². The number of benzene rings is 2. The van der Waals surface area contributed by atoms with Gasteiger partial charge in [0.2, 0.25) is 5.91 Å². The summed E-state index contributed by atoms with van der Waals surface area (Å²) in [5.41, 5.74) is 2.78. The van der Waals surface area contributed by atoms with Crippen molar-refractivity contribution in [3.63, 3.8) is 0 Å².